The number of aromatic hydroxyl groups is 1. The lowest BCUT2D eigenvalue weighted by Crippen LogP contribution is -2.03. The highest BCUT2D eigenvalue weighted by atomic mass is 16.3. The lowest BCUT2D eigenvalue weighted by atomic mass is 10.0. The summed E-state index contributed by atoms with van der Waals surface area (Å²) >= 11 is 0. The molecular formula is C16H16N2O2. The molecule has 0 radical (unpaired) electrons. The summed E-state index contributed by atoms with van der Waals surface area (Å²) in [6.45, 7) is 7.60. The number of allylic oxidation sites excluding steroid dienone is 2. The molecule has 1 heterocycles. The van der Waals surface area contributed by atoms with Crippen LogP contribution in [0.3, 0.4) is 0 Å². The molecule has 0 saturated carbocycles. The van der Waals surface area contributed by atoms with E-state index in [1.165, 1.54) is 4.68 Å². The Kier molecular flexibility index (Phi) is 4.15. The Morgan fingerprint density at radius 2 is 1.95 bits per heavy atom. The van der Waals surface area contributed by atoms with Crippen LogP contribution in [-0.2, 0) is 13.0 Å². The van der Waals surface area contributed by atoms with Crippen LogP contribution in [0.25, 0.3) is 0 Å². The van der Waals surface area contributed by atoms with Gasteiger partial charge < -0.3 is 5.11 Å². The maximum Gasteiger partial charge on any atom is 0.221 e. The Labute approximate surface area is 117 Å². The second kappa shape index (κ2) is 6.02. The molecule has 1 aromatic heterocycles. The number of hydrogen-bond acceptors (Lipinski definition) is 3. The van der Waals surface area contributed by atoms with E-state index in [1.54, 1.807) is 36.4 Å². The number of aromatic nitrogens is 2. The minimum atomic E-state index is -0.240. The predicted octanol–water partition coefficient (Wildman–Crippen LogP) is 2.73. The Morgan fingerprint density at radius 1 is 1.25 bits per heavy atom. The van der Waals surface area contributed by atoms with E-state index < -0.39 is 0 Å². The number of benzene rings is 1. The van der Waals surface area contributed by atoms with E-state index in [1.807, 2.05) is 6.07 Å². The third-order valence-corrected chi connectivity index (χ3v) is 2.90. The number of nitrogens with zero attached hydrogens (tertiary/aromatic N) is 2. The zero-order valence-corrected chi connectivity index (χ0v) is 11.1. The van der Waals surface area contributed by atoms with Gasteiger partial charge in [-0.2, -0.15) is 5.10 Å². The minimum absolute atomic E-state index is 0.129. The highest BCUT2D eigenvalue weighted by molar-refractivity contribution is 6.11. The zero-order valence-electron chi connectivity index (χ0n) is 11.1. The lowest BCUT2D eigenvalue weighted by molar-refractivity contribution is 0.103. The second-order valence-corrected chi connectivity index (χ2v) is 4.30. The van der Waals surface area contributed by atoms with Gasteiger partial charge in [-0.15, -0.1) is 13.2 Å². The third-order valence-electron chi connectivity index (χ3n) is 2.90. The highest BCUT2D eigenvalue weighted by Crippen LogP contribution is 2.25. The zero-order chi connectivity index (χ0) is 14.5. The summed E-state index contributed by atoms with van der Waals surface area (Å²) in [5, 5.41) is 14.4. The first-order valence-electron chi connectivity index (χ1n) is 6.29. The molecule has 102 valence electrons. The van der Waals surface area contributed by atoms with Gasteiger partial charge >= 0.3 is 0 Å². The number of carbonyl (C=O) groups is 1. The van der Waals surface area contributed by atoms with Crippen LogP contribution in [-0.4, -0.2) is 20.7 Å². The van der Waals surface area contributed by atoms with Crippen molar-refractivity contribution >= 4 is 5.78 Å². The van der Waals surface area contributed by atoms with Crippen molar-refractivity contribution in [3.63, 3.8) is 0 Å². The number of carbonyl (C=O) groups excluding carboxylic acids is 1. The molecule has 0 bridgehead atoms. The van der Waals surface area contributed by atoms with Gasteiger partial charge in [0.15, 0.2) is 5.78 Å². The molecule has 4 nitrogen and oxygen atoms in total. The normalized spacial score (nSPS) is 10.2. The van der Waals surface area contributed by atoms with E-state index in [9.17, 15) is 9.90 Å². The summed E-state index contributed by atoms with van der Waals surface area (Å²) < 4.78 is 1.36. The van der Waals surface area contributed by atoms with Crippen LogP contribution in [0.5, 0.6) is 5.88 Å². The molecule has 0 atom stereocenters. The van der Waals surface area contributed by atoms with Crippen molar-refractivity contribution in [3.05, 3.63) is 72.5 Å². The van der Waals surface area contributed by atoms with Gasteiger partial charge in [0.05, 0.1) is 12.2 Å². The molecule has 0 saturated heterocycles. The molecule has 0 amide bonds. The van der Waals surface area contributed by atoms with Crippen LogP contribution < -0.4 is 0 Å². The second-order valence-electron chi connectivity index (χ2n) is 4.30. The van der Waals surface area contributed by atoms with Crippen molar-refractivity contribution < 1.29 is 9.90 Å². The fraction of sp³-hybridized carbons (Fsp3) is 0.125. The number of rotatable bonds is 6. The van der Waals surface area contributed by atoms with Crippen molar-refractivity contribution in [3.8, 4) is 5.88 Å². The van der Waals surface area contributed by atoms with E-state index >= 15 is 0 Å². The quantitative estimate of drug-likeness (QED) is 0.647. The summed E-state index contributed by atoms with van der Waals surface area (Å²) in [6.07, 6.45) is 3.69. The van der Waals surface area contributed by atoms with Gasteiger partial charge in [-0.1, -0.05) is 42.5 Å². The summed E-state index contributed by atoms with van der Waals surface area (Å²) in [6, 6.07) is 8.83. The van der Waals surface area contributed by atoms with E-state index in [0.717, 1.165) is 0 Å². The maximum atomic E-state index is 12.5. The first-order chi connectivity index (χ1) is 9.69. The molecule has 0 aliphatic rings. The first kappa shape index (κ1) is 13.8. The summed E-state index contributed by atoms with van der Waals surface area (Å²) in [5.41, 5.74) is 1.28. The molecule has 0 aliphatic heterocycles. The van der Waals surface area contributed by atoms with Crippen molar-refractivity contribution in [1.29, 1.82) is 0 Å². The van der Waals surface area contributed by atoms with Crippen molar-refractivity contribution in [2.45, 2.75) is 13.0 Å². The molecule has 4 heteroatoms. The SMILES string of the molecule is C=CCc1nn(CC=C)c(O)c1C(=O)c1ccccc1. The Hall–Kier alpha value is -2.62. The smallest absolute Gasteiger partial charge is 0.221 e. The van der Waals surface area contributed by atoms with Gasteiger partial charge in [0.25, 0.3) is 0 Å². The van der Waals surface area contributed by atoms with Crippen LogP contribution in [0.2, 0.25) is 0 Å². The summed E-state index contributed by atoms with van der Waals surface area (Å²) in [7, 11) is 0. The summed E-state index contributed by atoms with van der Waals surface area (Å²) in [5.74, 6) is -0.370. The van der Waals surface area contributed by atoms with Gasteiger partial charge in [0.2, 0.25) is 5.88 Å². The molecule has 2 aromatic rings. The van der Waals surface area contributed by atoms with Gasteiger partial charge in [0, 0.05) is 12.0 Å². The fourth-order valence-corrected chi connectivity index (χ4v) is 2.00. The van der Waals surface area contributed by atoms with Crippen LogP contribution >= 0.6 is 0 Å². The maximum absolute atomic E-state index is 12.5. The molecule has 0 fully saturated rings. The van der Waals surface area contributed by atoms with E-state index in [4.69, 9.17) is 0 Å². The molecule has 2 rings (SSSR count). The molecule has 0 unspecified atom stereocenters. The number of hydrogen-bond donors (Lipinski definition) is 1. The molecule has 1 N–H and O–H groups in total. The van der Waals surface area contributed by atoms with Gasteiger partial charge in [-0.3, -0.25) is 4.79 Å². The van der Waals surface area contributed by atoms with Gasteiger partial charge in [-0.05, 0) is 0 Å². The monoisotopic (exact) mass is 268 g/mol. The van der Waals surface area contributed by atoms with Crippen molar-refractivity contribution in [1.82, 2.24) is 9.78 Å². The van der Waals surface area contributed by atoms with E-state index in [-0.39, 0.29) is 17.2 Å². The van der Waals surface area contributed by atoms with Crippen LogP contribution in [0.1, 0.15) is 21.6 Å². The molecule has 20 heavy (non-hydrogen) atoms. The average molecular weight is 268 g/mol. The Morgan fingerprint density at radius 3 is 2.55 bits per heavy atom. The summed E-state index contributed by atoms with van der Waals surface area (Å²) in [4.78, 5) is 12.5. The van der Waals surface area contributed by atoms with Crippen LogP contribution in [0.15, 0.2) is 55.6 Å². The predicted molar refractivity (Wildman–Crippen MR) is 77.9 cm³/mol. The minimum Gasteiger partial charge on any atom is -0.493 e. The topological polar surface area (TPSA) is 55.1 Å². The van der Waals surface area contributed by atoms with Crippen molar-refractivity contribution in [2.75, 3.05) is 0 Å². The Bertz CT molecular complexity index is 642. The number of ketones is 1. The Balaban J connectivity index is 2.51. The molecule has 0 spiro atoms. The molecule has 0 aliphatic carbocycles. The largest absolute Gasteiger partial charge is 0.493 e. The first-order valence-corrected chi connectivity index (χ1v) is 6.29. The average Bonchev–Trinajstić information content (AvgIpc) is 2.76. The fourth-order valence-electron chi connectivity index (χ4n) is 2.00. The highest BCUT2D eigenvalue weighted by Gasteiger charge is 2.23. The van der Waals surface area contributed by atoms with Crippen LogP contribution in [0, 0.1) is 0 Å². The molecular weight excluding hydrogens is 252 g/mol. The van der Waals surface area contributed by atoms with E-state index in [0.29, 0.717) is 24.2 Å². The molecule has 1 aromatic carbocycles. The van der Waals surface area contributed by atoms with Gasteiger partial charge in [0.1, 0.15) is 5.56 Å². The third kappa shape index (κ3) is 2.54. The van der Waals surface area contributed by atoms with Crippen molar-refractivity contribution in [2.24, 2.45) is 0 Å². The van der Waals surface area contributed by atoms with Crippen LogP contribution in [0.4, 0.5) is 0 Å². The van der Waals surface area contributed by atoms with E-state index in [2.05, 4.69) is 18.3 Å². The lowest BCUT2D eigenvalue weighted by Gasteiger charge is -2.02. The standard InChI is InChI=1S/C16H16N2O2/c1-3-8-13-14(16(20)18(17-13)11-4-2)15(19)12-9-6-5-7-10-12/h3-7,9-10,20H,1-2,8,11H2. The van der Waals surface area contributed by atoms with Gasteiger partial charge in [-0.25, -0.2) is 4.68 Å².